The van der Waals surface area contributed by atoms with Crippen LogP contribution < -0.4 is 15.3 Å². The minimum atomic E-state index is -0.255. The van der Waals surface area contributed by atoms with Gasteiger partial charge in [0.15, 0.2) is 0 Å². The molecule has 2 aromatic carbocycles. The van der Waals surface area contributed by atoms with E-state index in [1.54, 1.807) is 5.01 Å². The van der Waals surface area contributed by atoms with Crippen LogP contribution in [0.2, 0.25) is 5.02 Å². The molecule has 5 rings (SSSR count). The fourth-order valence-electron chi connectivity index (χ4n) is 5.55. The van der Waals surface area contributed by atoms with Gasteiger partial charge in [0.25, 0.3) is 0 Å². The van der Waals surface area contributed by atoms with Gasteiger partial charge in [0.05, 0.1) is 34.3 Å². The summed E-state index contributed by atoms with van der Waals surface area (Å²) in [6.45, 7) is 7.21. The number of hydrazine groups is 1. The highest BCUT2D eigenvalue weighted by Crippen LogP contribution is 2.33. The first-order chi connectivity index (χ1) is 16.6. The molecule has 3 heterocycles. The number of piperazine rings is 1. The van der Waals surface area contributed by atoms with Crippen LogP contribution in [0.25, 0.3) is 0 Å². The Morgan fingerprint density at radius 1 is 1.00 bits per heavy atom. The normalized spacial score (nSPS) is 25.5. The maximum Gasteiger partial charge on any atom is 0.247 e. The lowest BCUT2D eigenvalue weighted by molar-refractivity contribution is -0.140. The molecule has 2 amide bonds. The summed E-state index contributed by atoms with van der Waals surface area (Å²) in [7, 11) is 0. The van der Waals surface area contributed by atoms with Crippen molar-refractivity contribution in [3.05, 3.63) is 59.6 Å². The van der Waals surface area contributed by atoms with Crippen LogP contribution >= 0.6 is 11.6 Å². The Morgan fingerprint density at radius 3 is 2.41 bits per heavy atom. The van der Waals surface area contributed by atoms with E-state index in [-0.39, 0.29) is 29.7 Å². The van der Waals surface area contributed by atoms with Crippen LogP contribution in [-0.4, -0.2) is 73.5 Å². The van der Waals surface area contributed by atoms with Gasteiger partial charge in [-0.15, -0.1) is 0 Å². The molecule has 0 aliphatic carbocycles. The Hall–Kier alpha value is -2.61. The number of fused-ring (bicyclic) bond motifs is 1. The molecule has 3 fully saturated rings. The lowest BCUT2D eigenvalue weighted by Crippen LogP contribution is -2.59. The van der Waals surface area contributed by atoms with Gasteiger partial charge in [-0.25, -0.2) is 10.4 Å². The smallest absolute Gasteiger partial charge is 0.247 e. The van der Waals surface area contributed by atoms with Crippen molar-refractivity contribution in [2.75, 3.05) is 55.7 Å². The first kappa shape index (κ1) is 23.1. The van der Waals surface area contributed by atoms with Gasteiger partial charge in [-0.1, -0.05) is 48.9 Å². The van der Waals surface area contributed by atoms with Crippen molar-refractivity contribution >= 4 is 34.8 Å². The van der Waals surface area contributed by atoms with Crippen LogP contribution in [0.15, 0.2) is 54.6 Å². The zero-order valence-corrected chi connectivity index (χ0v) is 20.3. The van der Waals surface area contributed by atoms with E-state index in [9.17, 15) is 9.59 Å². The van der Waals surface area contributed by atoms with Crippen molar-refractivity contribution in [3.63, 3.8) is 0 Å². The van der Waals surface area contributed by atoms with Gasteiger partial charge in [0.1, 0.15) is 0 Å². The molecule has 0 spiro atoms. The van der Waals surface area contributed by atoms with Crippen molar-refractivity contribution in [2.45, 2.75) is 19.4 Å². The number of halogens is 1. The molecule has 3 unspecified atom stereocenters. The largest absolute Gasteiger partial charge is 0.367 e. The number of hydrogen-bond acceptors (Lipinski definition) is 5. The summed E-state index contributed by atoms with van der Waals surface area (Å²) < 4.78 is 0. The summed E-state index contributed by atoms with van der Waals surface area (Å²) in [6.07, 6.45) is 0.999. The highest BCUT2D eigenvalue weighted by Gasteiger charge is 2.51. The number of benzene rings is 2. The Labute approximate surface area is 206 Å². The lowest BCUT2D eigenvalue weighted by Gasteiger charge is -2.42. The average molecular weight is 482 g/mol. The molecular weight excluding hydrogens is 450 g/mol. The first-order valence-electron chi connectivity index (χ1n) is 12.2. The highest BCUT2D eigenvalue weighted by atomic mass is 35.5. The summed E-state index contributed by atoms with van der Waals surface area (Å²) >= 11 is 6.39. The Bertz CT molecular complexity index is 1030. The molecule has 180 valence electrons. The second-order valence-corrected chi connectivity index (χ2v) is 9.81. The third kappa shape index (κ3) is 4.40. The molecule has 0 radical (unpaired) electrons. The third-order valence-corrected chi connectivity index (χ3v) is 7.57. The standard InChI is InChI=1S/C26H32ClN5O2/c1-2-12-29-17-20(24-21(18-29)26(34)32(28-24)19-8-4-3-5-9-19)25(33)31-15-13-30(14-16-31)23-11-7-6-10-22(23)27/h3-11,20-21,24,28H,2,12-18H2,1H3. The van der Waals surface area contributed by atoms with Crippen molar-refractivity contribution in [3.8, 4) is 0 Å². The molecule has 0 bridgehead atoms. The number of para-hydroxylation sites is 2. The summed E-state index contributed by atoms with van der Waals surface area (Å²) in [6, 6.07) is 17.3. The first-order valence-corrected chi connectivity index (χ1v) is 12.6. The third-order valence-electron chi connectivity index (χ3n) is 7.25. The molecule has 0 aromatic heterocycles. The van der Waals surface area contributed by atoms with E-state index in [1.807, 2.05) is 59.5 Å². The van der Waals surface area contributed by atoms with Crippen LogP contribution in [0, 0.1) is 11.8 Å². The van der Waals surface area contributed by atoms with Gasteiger partial charge in [0.2, 0.25) is 11.8 Å². The Kier molecular flexibility index (Phi) is 6.77. The van der Waals surface area contributed by atoms with E-state index in [1.165, 1.54) is 0 Å². The number of hydrogen-bond donors (Lipinski definition) is 1. The SMILES string of the molecule is CCCN1CC(C(=O)N2CCN(c3ccccc3Cl)CC2)C2NN(c3ccccc3)C(=O)C2C1. The summed E-state index contributed by atoms with van der Waals surface area (Å²) in [5.41, 5.74) is 5.26. The molecular formula is C26H32ClN5O2. The summed E-state index contributed by atoms with van der Waals surface area (Å²) in [4.78, 5) is 33.7. The second-order valence-electron chi connectivity index (χ2n) is 9.40. The predicted octanol–water partition coefficient (Wildman–Crippen LogP) is 2.87. The summed E-state index contributed by atoms with van der Waals surface area (Å²) in [5.74, 6) is -0.281. The number of rotatable bonds is 5. The highest BCUT2D eigenvalue weighted by molar-refractivity contribution is 6.33. The minimum absolute atomic E-state index is 0.0540. The van der Waals surface area contributed by atoms with E-state index < -0.39 is 0 Å². The number of carbonyl (C=O) groups excluding carboxylic acids is 2. The minimum Gasteiger partial charge on any atom is -0.367 e. The van der Waals surface area contributed by atoms with Crippen molar-refractivity contribution < 1.29 is 9.59 Å². The second kappa shape index (κ2) is 9.94. The summed E-state index contributed by atoms with van der Waals surface area (Å²) in [5, 5.41) is 2.39. The number of amides is 2. The number of nitrogens with zero attached hydrogens (tertiary/aromatic N) is 4. The predicted molar refractivity (Wildman–Crippen MR) is 135 cm³/mol. The van der Waals surface area contributed by atoms with Gasteiger partial charge in [-0.05, 0) is 37.2 Å². The number of likely N-dealkylation sites (tertiary alicyclic amines) is 1. The topological polar surface area (TPSA) is 59.1 Å². The fourth-order valence-corrected chi connectivity index (χ4v) is 5.80. The molecule has 1 N–H and O–H groups in total. The molecule has 7 nitrogen and oxygen atoms in total. The molecule has 3 atom stereocenters. The van der Waals surface area contributed by atoms with Crippen molar-refractivity contribution in [2.24, 2.45) is 11.8 Å². The maximum atomic E-state index is 13.8. The van der Waals surface area contributed by atoms with Crippen LogP contribution in [0.3, 0.4) is 0 Å². The maximum absolute atomic E-state index is 13.8. The van der Waals surface area contributed by atoms with Crippen LogP contribution in [-0.2, 0) is 9.59 Å². The van der Waals surface area contributed by atoms with Crippen LogP contribution in [0.5, 0.6) is 0 Å². The van der Waals surface area contributed by atoms with Gasteiger partial charge < -0.3 is 14.7 Å². The average Bonchev–Trinajstić information content (AvgIpc) is 3.21. The van der Waals surface area contributed by atoms with E-state index in [4.69, 9.17) is 11.6 Å². The van der Waals surface area contributed by atoms with Gasteiger partial charge >= 0.3 is 0 Å². The molecule has 3 aliphatic heterocycles. The van der Waals surface area contributed by atoms with Gasteiger partial charge in [0, 0.05) is 39.3 Å². The molecule has 8 heteroatoms. The quantitative estimate of drug-likeness (QED) is 0.711. The van der Waals surface area contributed by atoms with Crippen LogP contribution in [0.1, 0.15) is 13.3 Å². The number of nitrogens with one attached hydrogen (secondary N) is 1. The molecule has 0 saturated carbocycles. The molecule has 2 aromatic rings. The van der Waals surface area contributed by atoms with Crippen LogP contribution in [0.4, 0.5) is 11.4 Å². The Balaban J connectivity index is 1.32. The lowest BCUT2D eigenvalue weighted by atomic mass is 9.83. The zero-order valence-electron chi connectivity index (χ0n) is 19.6. The molecule has 3 aliphatic rings. The molecule has 34 heavy (non-hydrogen) atoms. The van der Waals surface area contributed by atoms with E-state index in [0.717, 1.165) is 42.5 Å². The van der Waals surface area contributed by atoms with Gasteiger partial charge in [-0.3, -0.25) is 9.59 Å². The monoisotopic (exact) mass is 481 g/mol. The zero-order chi connectivity index (χ0) is 23.7. The fraction of sp³-hybridized carbons (Fsp3) is 0.462. The van der Waals surface area contributed by atoms with Gasteiger partial charge in [-0.2, -0.15) is 0 Å². The van der Waals surface area contributed by atoms with E-state index in [2.05, 4.69) is 22.1 Å². The van der Waals surface area contributed by atoms with Crippen molar-refractivity contribution in [1.82, 2.24) is 15.2 Å². The number of carbonyl (C=O) groups is 2. The number of anilines is 2. The Morgan fingerprint density at radius 2 is 1.71 bits per heavy atom. The van der Waals surface area contributed by atoms with Crippen molar-refractivity contribution in [1.29, 1.82) is 0 Å². The van der Waals surface area contributed by atoms with E-state index in [0.29, 0.717) is 26.2 Å². The van der Waals surface area contributed by atoms with E-state index >= 15 is 0 Å². The molecule has 3 saturated heterocycles. The number of piperidine rings is 1.